The van der Waals surface area contributed by atoms with Crippen LogP contribution in [0.5, 0.6) is 5.75 Å². The smallest absolute Gasteiger partial charge is 0.262 e. The minimum atomic E-state index is -0.255. The van der Waals surface area contributed by atoms with Crippen molar-refractivity contribution in [2.24, 2.45) is 4.99 Å². The van der Waals surface area contributed by atoms with Crippen LogP contribution in [-0.4, -0.2) is 18.7 Å². The lowest BCUT2D eigenvalue weighted by atomic mass is 10.2. The molecule has 1 N–H and O–H groups in total. The molecular formula is C22H18Cl2N2O2. The summed E-state index contributed by atoms with van der Waals surface area (Å²) in [5, 5.41) is 3.93. The molecule has 3 aromatic rings. The average molecular weight is 413 g/mol. The Balaban J connectivity index is 1.72. The highest BCUT2D eigenvalue weighted by atomic mass is 35.5. The van der Waals surface area contributed by atoms with E-state index in [1.807, 2.05) is 49.4 Å². The van der Waals surface area contributed by atoms with E-state index >= 15 is 0 Å². The molecule has 4 nitrogen and oxygen atoms in total. The molecule has 0 saturated carbocycles. The molecule has 0 atom stereocenters. The minimum Gasteiger partial charge on any atom is -0.483 e. The number of halogens is 2. The summed E-state index contributed by atoms with van der Waals surface area (Å²) in [5.74, 6) is 0.255. The number of para-hydroxylation sites is 1. The maximum absolute atomic E-state index is 12.1. The number of aliphatic imine (C=N–C) groups is 1. The fourth-order valence-corrected chi connectivity index (χ4v) is 2.82. The van der Waals surface area contributed by atoms with Crippen molar-refractivity contribution >= 4 is 46.7 Å². The van der Waals surface area contributed by atoms with Crippen LogP contribution in [0, 0.1) is 6.92 Å². The Labute approximate surface area is 173 Å². The Bertz CT molecular complexity index is 1000. The molecule has 28 heavy (non-hydrogen) atoms. The average Bonchev–Trinajstić information content (AvgIpc) is 2.68. The molecule has 3 aromatic carbocycles. The number of rotatable bonds is 6. The summed E-state index contributed by atoms with van der Waals surface area (Å²) >= 11 is 12.1. The topological polar surface area (TPSA) is 50.7 Å². The summed E-state index contributed by atoms with van der Waals surface area (Å²) in [6, 6.07) is 19.8. The van der Waals surface area contributed by atoms with Gasteiger partial charge in [-0.3, -0.25) is 9.79 Å². The van der Waals surface area contributed by atoms with Gasteiger partial charge in [-0.15, -0.1) is 0 Å². The summed E-state index contributed by atoms with van der Waals surface area (Å²) < 4.78 is 5.68. The molecule has 0 aliphatic rings. The monoisotopic (exact) mass is 412 g/mol. The second kappa shape index (κ2) is 9.40. The van der Waals surface area contributed by atoms with E-state index in [4.69, 9.17) is 27.9 Å². The van der Waals surface area contributed by atoms with Gasteiger partial charge in [-0.2, -0.15) is 0 Å². The first-order chi connectivity index (χ1) is 13.5. The van der Waals surface area contributed by atoms with Crippen LogP contribution in [0.4, 0.5) is 11.4 Å². The highest BCUT2D eigenvalue weighted by Crippen LogP contribution is 2.25. The van der Waals surface area contributed by atoms with Gasteiger partial charge in [0, 0.05) is 27.5 Å². The normalized spacial score (nSPS) is 10.8. The van der Waals surface area contributed by atoms with Crippen molar-refractivity contribution in [1.29, 1.82) is 0 Å². The van der Waals surface area contributed by atoms with E-state index in [0.29, 0.717) is 27.0 Å². The number of carbonyl (C=O) groups is 1. The standard InChI is InChI=1S/C22H18Cl2N2O2/c1-15-7-8-18(24)12-20(15)25-13-16-11-17(23)9-10-21(16)28-14-22(27)26-19-5-3-2-4-6-19/h2-13H,14H2,1H3,(H,26,27). The molecule has 0 bridgehead atoms. The first kappa shape index (κ1) is 19.9. The third kappa shape index (κ3) is 5.59. The fourth-order valence-electron chi connectivity index (χ4n) is 2.47. The summed E-state index contributed by atoms with van der Waals surface area (Å²) in [6.45, 7) is 1.82. The molecule has 0 aromatic heterocycles. The Morgan fingerprint density at radius 3 is 2.54 bits per heavy atom. The van der Waals surface area contributed by atoms with Gasteiger partial charge in [0.2, 0.25) is 0 Å². The third-order valence-electron chi connectivity index (χ3n) is 3.90. The predicted molar refractivity (Wildman–Crippen MR) is 115 cm³/mol. The molecular weight excluding hydrogens is 395 g/mol. The van der Waals surface area contributed by atoms with Gasteiger partial charge in [-0.25, -0.2) is 0 Å². The van der Waals surface area contributed by atoms with E-state index < -0.39 is 0 Å². The lowest BCUT2D eigenvalue weighted by Crippen LogP contribution is -2.20. The first-order valence-corrected chi connectivity index (χ1v) is 9.34. The Hall–Kier alpha value is -2.82. The highest BCUT2D eigenvalue weighted by molar-refractivity contribution is 6.31. The van der Waals surface area contributed by atoms with E-state index in [9.17, 15) is 4.79 Å². The van der Waals surface area contributed by atoms with Crippen LogP contribution >= 0.6 is 23.2 Å². The van der Waals surface area contributed by atoms with Gasteiger partial charge in [0.25, 0.3) is 5.91 Å². The second-order valence-electron chi connectivity index (χ2n) is 6.07. The first-order valence-electron chi connectivity index (χ1n) is 8.59. The van der Waals surface area contributed by atoms with Crippen LogP contribution in [0.15, 0.2) is 71.7 Å². The van der Waals surface area contributed by atoms with Gasteiger partial charge >= 0.3 is 0 Å². The molecule has 0 aliphatic heterocycles. The van der Waals surface area contributed by atoms with Gasteiger partial charge in [-0.1, -0.05) is 47.5 Å². The number of aryl methyl sites for hydroxylation is 1. The number of benzene rings is 3. The summed E-state index contributed by atoms with van der Waals surface area (Å²) in [7, 11) is 0. The molecule has 6 heteroatoms. The zero-order valence-corrected chi connectivity index (χ0v) is 16.7. The number of anilines is 1. The lowest BCUT2D eigenvalue weighted by molar-refractivity contribution is -0.118. The zero-order valence-electron chi connectivity index (χ0n) is 15.2. The van der Waals surface area contributed by atoms with Crippen molar-refractivity contribution in [3.8, 4) is 5.75 Å². The van der Waals surface area contributed by atoms with Crippen molar-refractivity contribution in [3.05, 3.63) is 87.9 Å². The Kier molecular flexibility index (Phi) is 6.69. The van der Waals surface area contributed by atoms with Gasteiger partial charge < -0.3 is 10.1 Å². The second-order valence-corrected chi connectivity index (χ2v) is 6.95. The number of ether oxygens (including phenoxy) is 1. The van der Waals surface area contributed by atoms with Crippen LogP contribution in [0.3, 0.4) is 0 Å². The highest BCUT2D eigenvalue weighted by Gasteiger charge is 2.08. The van der Waals surface area contributed by atoms with Crippen LogP contribution < -0.4 is 10.1 Å². The van der Waals surface area contributed by atoms with Crippen molar-refractivity contribution in [3.63, 3.8) is 0 Å². The van der Waals surface area contributed by atoms with E-state index in [1.54, 1.807) is 30.5 Å². The third-order valence-corrected chi connectivity index (χ3v) is 4.37. The number of amides is 1. The van der Waals surface area contributed by atoms with E-state index in [-0.39, 0.29) is 12.5 Å². The molecule has 0 spiro atoms. The molecule has 0 radical (unpaired) electrons. The summed E-state index contributed by atoms with van der Waals surface area (Å²) in [4.78, 5) is 16.6. The van der Waals surface area contributed by atoms with Crippen LogP contribution in [0.1, 0.15) is 11.1 Å². The van der Waals surface area contributed by atoms with Gasteiger partial charge in [-0.05, 0) is 55.0 Å². The van der Waals surface area contributed by atoms with Crippen molar-refractivity contribution in [2.75, 3.05) is 11.9 Å². The van der Waals surface area contributed by atoms with E-state index in [2.05, 4.69) is 10.3 Å². The number of hydrogen-bond acceptors (Lipinski definition) is 3. The summed E-state index contributed by atoms with van der Waals surface area (Å²) in [5.41, 5.74) is 3.12. The molecule has 0 aliphatic carbocycles. The van der Waals surface area contributed by atoms with Crippen molar-refractivity contribution in [2.45, 2.75) is 6.92 Å². The van der Waals surface area contributed by atoms with Crippen LogP contribution in [0.25, 0.3) is 0 Å². The molecule has 142 valence electrons. The van der Waals surface area contributed by atoms with Crippen LogP contribution in [-0.2, 0) is 4.79 Å². The maximum atomic E-state index is 12.1. The minimum absolute atomic E-state index is 0.131. The number of hydrogen-bond donors (Lipinski definition) is 1. The fraction of sp³-hybridized carbons (Fsp3) is 0.0909. The van der Waals surface area contributed by atoms with Crippen molar-refractivity contribution in [1.82, 2.24) is 0 Å². The van der Waals surface area contributed by atoms with Gasteiger partial charge in [0.1, 0.15) is 5.75 Å². The molecule has 0 fully saturated rings. The SMILES string of the molecule is Cc1ccc(Cl)cc1N=Cc1cc(Cl)ccc1OCC(=O)Nc1ccccc1. The van der Waals surface area contributed by atoms with E-state index in [1.165, 1.54) is 0 Å². The quantitative estimate of drug-likeness (QED) is 0.499. The zero-order chi connectivity index (χ0) is 19.9. The molecule has 0 saturated heterocycles. The lowest BCUT2D eigenvalue weighted by Gasteiger charge is -2.10. The largest absolute Gasteiger partial charge is 0.483 e. The van der Waals surface area contributed by atoms with Gasteiger partial charge in [0.15, 0.2) is 6.61 Å². The molecule has 3 rings (SSSR count). The Morgan fingerprint density at radius 2 is 1.75 bits per heavy atom. The predicted octanol–water partition coefficient (Wildman–Crippen LogP) is 6.07. The Morgan fingerprint density at radius 1 is 1.04 bits per heavy atom. The van der Waals surface area contributed by atoms with E-state index in [0.717, 1.165) is 11.3 Å². The molecule has 0 unspecified atom stereocenters. The maximum Gasteiger partial charge on any atom is 0.262 e. The molecule has 1 amide bonds. The number of nitrogens with one attached hydrogen (secondary N) is 1. The molecule has 0 heterocycles. The van der Waals surface area contributed by atoms with Gasteiger partial charge in [0.05, 0.1) is 5.69 Å². The number of carbonyl (C=O) groups excluding carboxylic acids is 1. The summed E-state index contributed by atoms with van der Waals surface area (Å²) in [6.07, 6.45) is 1.65. The van der Waals surface area contributed by atoms with Crippen LogP contribution in [0.2, 0.25) is 10.0 Å². The van der Waals surface area contributed by atoms with Crippen molar-refractivity contribution < 1.29 is 9.53 Å². The number of nitrogens with zero attached hydrogens (tertiary/aromatic N) is 1.